The van der Waals surface area contributed by atoms with Gasteiger partial charge in [-0.1, -0.05) is 0 Å². The van der Waals surface area contributed by atoms with Crippen molar-refractivity contribution in [3.05, 3.63) is 0 Å². The molecule has 0 saturated carbocycles. The van der Waals surface area contributed by atoms with Crippen molar-refractivity contribution >= 4 is 17.9 Å². The Morgan fingerprint density at radius 2 is 1.38 bits per heavy atom. The zero-order valence-electron chi connectivity index (χ0n) is 7.68. The van der Waals surface area contributed by atoms with Crippen LogP contribution in [-0.2, 0) is 35.5 Å². The van der Waals surface area contributed by atoms with E-state index in [1.54, 1.807) is 25.4 Å². The van der Waals surface area contributed by atoms with Crippen molar-refractivity contribution in [2.45, 2.75) is 18.4 Å². The van der Waals surface area contributed by atoms with E-state index >= 15 is 0 Å². The minimum absolute atomic E-state index is 1.14. The molecule has 0 aromatic heterocycles. The second-order valence-corrected chi connectivity index (χ2v) is 3.03. The van der Waals surface area contributed by atoms with Gasteiger partial charge in [0.1, 0.15) is 0 Å². The first-order valence-corrected chi connectivity index (χ1v) is 4.63. The van der Waals surface area contributed by atoms with E-state index in [4.69, 9.17) is 25.7 Å². The number of hydrogen-bond acceptors (Lipinski definition) is 5. The van der Waals surface area contributed by atoms with Crippen molar-refractivity contribution in [1.29, 1.82) is 5.26 Å². The molecule has 0 aliphatic rings. The molecule has 0 atom stereocenters. The summed E-state index contributed by atoms with van der Waals surface area (Å²) in [6, 6.07) is 0. The molecule has 0 aromatic rings. The molecule has 0 unspecified atom stereocenters. The van der Waals surface area contributed by atoms with E-state index in [2.05, 4.69) is 0 Å². The molecular formula is C7H8AuNO7. The number of aliphatic hydroxyl groups is 1. The Labute approximate surface area is 102 Å². The Morgan fingerprint density at radius 1 is 1.12 bits per heavy atom. The van der Waals surface area contributed by atoms with Gasteiger partial charge in [0.05, 0.1) is 12.8 Å². The maximum Gasteiger partial charge on any atom is 0.336 e. The van der Waals surface area contributed by atoms with E-state index in [0.29, 0.717) is 0 Å². The normalized spacial score (nSPS) is 9.38. The van der Waals surface area contributed by atoms with Gasteiger partial charge in [-0.25, -0.2) is 4.79 Å². The zero-order chi connectivity index (χ0) is 13.4. The fourth-order valence-electron chi connectivity index (χ4n) is 0.714. The minimum atomic E-state index is -2.74. The monoisotopic (exact) mass is 415 g/mol. The van der Waals surface area contributed by atoms with Gasteiger partial charge in [0.15, 0.2) is 5.60 Å². The summed E-state index contributed by atoms with van der Waals surface area (Å²) in [4.78, 5) is 30.5. The van der Waals surface area contributed by atoms with Gasteiger partial charge < -0.3 is 20.4 Å². The van der Waals surface area contributed by atoms with Crippen molar-refractivity contribution in [3.63, 3.8) is 0 Å². The summed E-state index contributed by atoms with van der Waals surface area (Å²) in [6.45, 7) is 0. The second kappa shape index (κ2) is 7.84. The fraction of sp³-hybridized carbons (Fsp3) is 0.429. The van der Waals surface area contributed by atoms with Crippen LogP contribution in [0.4, 0.5) is 0 Å². The Hall–Kier alpha value is -1.40. The summed E-state index contributed by atoms with van der Waals surface area (Å²) in [5.41, 5.74) is -2.74. The van der Waals surface area contributed by atoms with Gasteiger partial charge in [-0.15, -0.1) is 0 Å². The number of carboxylic acids is 3. The van der Waals surface area contributed by atoms with Crippen molar-refractivity contribution in [2.75, 3.05) is 0 Å². The Bertz CT molecular complexity index is 305. The van der Waals surface area contributed by atoms with Crippen LogP contribution < -0.4 is 0 Å². The zero-order valence-corrected chi connectivity index (χ0v) is 9.84. The SMILES string of the molecule is N#[C][Au].O=C(O)CC(O)(CC(=O)O)C(=O)O. The van der Waals surface area contributed by atoms with E-state index in [1.807, 2.05) is 0 Å². The molecule has 0 fully saturated rings. The van der Waals surface area contributed by atoms with Crippen LogP contribution in [-0.4, -0.2) is 43.9 Å². The fourth-order valence-corrected chi connectivity index (χ4v) is 0.714. The van der Waals surface area contributed by atoms with E-state index in [1.165, 1.54) is 0 Å². The molecule has 9 heteroatoms. The van der Waals surface area contributed by atoms with Gasteiger partial charge >= 0.3 is 48.5 Å². The minimum Gasteiger partial charge on any atom is -0.481 e. The number of nitriles is 1. The van der Waals surface area contributed by atoms with E-state index in [-0.39, 0.29) is 0 Å². The summed E-state index contributed by atoms with van der Waals surface area (Å²) in [6.07, 6.45) is -2.29. The number of rotatable bonds is 5. The van der Waals surface area contributed by atoms with Crippen LogP contribution in [0.1, 0.15) is 12.8 Å². The standard InChI is InChI=1S/C6H8O7.CN.Au/c7-3(8)1-6(13,5(11)12)2-4(9)10;1-2;/h13H,1-2H2,(H,7,8)(H,9,10)(H,11,12);;. The molecule has 0 heterocycles. The summed E-state index contributed by atoms with van der Waals surface area (Å²) < 4.78 is 1.69. The van der Waals surface area contributed by atoms with Crippen molar-refractivity contribution in [2.24, 2.45) is 0 Å². The molecule has 0 radical (unpaired) electrons. The van der Waals surface area contributed by atoms with E-state index in [0.717, 1.165) is 0 Å². The third-order valence-corrected chi connectivity index (χ3v) is 1.29. The molecule has 0 aromatic carbocycles. The maximum atomic E-state index is 10.3. The van der Waals surface area contributed by atoms with E-state index < -0.39 is 36.4 Å². The van der Waals surface area contributed by atoms with Crippen LogP contribution in [0.5, 0.6) is 0 Å². The largest absolute Gasteiger partial charge is 0.481 e. The smallest absolute Gasteiger partial charge is 0.336 e. The molecule has 0 spiro atoms. The summed E-state index contributed by atoms with van der Waals surface area (Å²) >= 11 is 1.73. The topological polar surface area (TPSA) is 156 Å². The van der Waals surface area contributed by atoms with Crippen molar-refractivity contribution in [1.82, 2.24) is 0 Å². The molecule has 0 rings (SSSR count). The molecule has 0 bridgehead atoms. The average Bonchev–Trinajstić information content (AvgIpc) is 2.01. The molecule has 4 N–H and O–H groups in total. The summed E-state index contributed by atoms with van der Waals surface area (Å²) in [7, 11) is 0. The molecule has 0 saturated heterocycles. The summed E-state index contributed by atoms with van der Waals surface area (Å²) in [5.74, 6) is -5.02. The van der Waals surface area contributed by atoms with Gasteiger partial charge in [0.2, 0.25) is 0 Å². The number of aliphatic carboxylic acids is 3. The Balaban J connectivity index is 0. The van der Waals surface area contributed by atoms with Crippen LogP contribution in [0.15, 0.2) is 0 Å². The number of hydrogen-bond donors (Lipinski definition) is 4. The molecule has 8 nitrogen and oxygen atoms in total. The molecule has 0 amide bonds. The van der Waals surface area contributed by atoms with Gasteiger partial charge in [-0.3, -0.25) is 9.59 Å². The van der Waals surface area contributed by atoms with Gasteiger partial charge in [-0.2, -0.15) is 0 Å². The van der Waals surface area contributed by atoms with E-state index in [9.17, 15) is 14.4 Å². The molecule has 0 aliphatic heterocycles. The predicted molar refractivity (Wildman–Crippen MR) is 42.7 cm³/mol. The second-order valence-electron chi connectivity index (χ2n) is 2.55. The van der Waals surface area contributed by atoms with Crippen LogP contribution in [0.3, 0.4) is 0 Å². The van der Waals surface area contributed by atoms with Gasteiger partial charge in [-0.05, 0) is 0 Å². The van der Waals surface area contributed by atoms with Gasteiger partial charge in [0, 0.05) is 0 Å². The molecule has 0 aliphatic carbocycles. The Kier molecular flexibility index (Phi) is 8.33. The van der Waals surface area contributed by atoms with Crippen LogP contribution in [0.25, 0.3) is 0 Å². The molecule has 94 valence electrons. The number of carbonyl (C=O) groups is 3. The summed E-state index contributed by atoms with van der Waals surface area (Å²) in [5, 5.41) is 41.1. The van der Waals surface area contributed by atoms with Crippen molar-refractivity contribution < 1.29 is 55.9 Å². The van der Waals surface area contributed by atoms with Crippen LogP contribution >= 0.6 is 0 Å². The van der Waals surface area contributed by atoms with Crippen molar-refractivity contribution in [3.8, 4) is 4.29 Å². The first kappa shape index (κ1) is 17.0. The number of carboxylic acid groups (broad SMARTS) is 3. The predicted octanol–water partition coefficient (Wildman–Crippen LogP) is -1.23. The maximum absolute atomic E-state index is 10.3. The van der Waals surface area contributed by atoms with Crippen LogP contribution in [0.2, 0.25) is 0 Å². The third kappa shape index (κ3) is 7.95. The first-order valence-electron chi connectivity index (χ1n) is 3.55. The third-order valence-electron chi connectivity index (χ3n) is 1.29. The van der Waals surface area contributed by atoms with Gasteiger partial charge in [0.25, 0.3) is 0 Å². The molecular weight excluding hydrogens is 407 g/mol. The average molecular weight is 415 g/mol. The Morgan fingerprint density at radius 3 is 1.50 bits per heavy atom. The molecule has 16 heavy (non-hydrogen) atoms. The van der Waals surface area contributed by atoms with Crippen LogP contribution in [0, 0.1) is 9.55 Å². The quantitative estimate of drug-likeness (QED) is 0.407. The number of nitrogens with zero attached hydrogens (tertiary/aromatic N) is 1. The first-order chi connectivity index (χ1) is 7.19.